The van der Waals surface area contributed by atoms with Crippen LogP contribution < -0.4 is 50.6 Å². The Labute approximate surface area is 231 Å². The van der Waals surface area contributed by atoms with Gasteiger partial charge in [-0.2, -0.15) is 0 Å². The van der Waals surface area contributed by atoms with E-state index in [4.69, 9.17) is 0 Å². The molecule has 1 aromatic carbocycles. The van der Waals surface area contributed by atoms with Crippen LogP contribution in [0.4, 0.5) is 11.5 Å². The zero-order valence-corrected chi connectivity index (χ0v) is 22.8. The quantitative estimate of drug-likeness (QED) is 0.123. The zero-order chi connectivity index (χ0) is 25.8. The van der Waals surface area contributed by atoms with Gasteiger partial charge in [0.2, 0.25) is 11.8 Å². The van der Waals surface area contributed by atoms with E-state index in [0.717, 1.165) is 30.8 Å². The van der Waals surface area contributed by atoms with Gasteiger partial charge < -0.3 is 25.9 Å². The molecule has 2 aromatic rings. The van der Waals surface area contributed by atoms with E-state index in [0.29, 0.717) is 12.0 Å². The van der Waals surface area contributed by atoms with Gasteiger partial charge in [-0.1, -0.05) is 18.6 Å². The summed E-state index contributed by atoms with van der Waals surface area (Å²) in [5.41, 5.74) is 1.61. The molecule has 0 saturated heterocycles. The van der Waals surface area contributed by atoms with E-state index in [1.54, 1.807) is 13.1 Å². The van der Waals surface area contributed by atoms with Gasteiger partial charge in [0.05, 0.1) is 17.5 Å². The first-order valence-electron chi connectivity index (χ1n) is 11.3. The average Bonchev–Trinajstić information content (AvgIpc) is 2.79. The molecule has 2 amide bonds. The minimum atomic E-state index is -1.42. The third kappa shape index (κ3) is 11.1. The van der Waals surface area contributed by atoms with Crippen molar-refractivity contribution >= 4 is 29.3 Å². The predicted molar refractivity (Wildman–Crippen MR) is 127 cm³/mol. The van der Waals surface area contributed by atoms with Crippen LogP contribution in [0.1, 0.15) is 54.8 Å². The van der Waals surface area contributed by atoms with Gasteiger partial charge in [0.15, 0.2) is 0 Å². The number of aromatic nitrogens is 1. The number of aliphatic carboxylic acids is 1. The van der Waals surface area contributed by atoms with Crippen LogP contribution in [0.2, 0.25) is 0 Å². The molecule has 11 nitrogen and oxygen atoms in total. The number of nitrogens with zero attached hydrogens (tertiary/aromatic N) is 2. The Balaban J connectivity index is 0.00000648. The summed E-state index contributed by atoms with van der Waals surface area (Å²) in [5, 5.41) is 30.5. The number of aryl methyl sites for hydroxylation is 2. The van der Waals surface area contributed by atoms with E-state index in [1.165, 1.54) is 18.2 Å². The predicted octanol–water partition coefficient (Wildman–Crippen LogP) is -1.30. The number of hydrogen-bond donors (Lipinski definition) is 3. The summed E-state index contributed by atoms with van der Waals surface area (Å²) >= 11 is 0. The van der Waals surface area contributed by atoms with Gasteiger partial charge in [-0.15, -0.1) is 0 Å². The first-order chi connectivity index (χ1) is 16.7. The van der Waals surface area contributed by atoms with Gasteiger partial charge in [-0.3, -0.25) is 19.7 Å². The molecule has 0 radical (unpaired) electrons. The van der Waals surface area contributed by atoms with Crippen molar-refractivity contribution in [3.8, 4) is 0 Å². The summed E-state index contributed by atoms with van der Waals surface area (Å²) in [4.78, 5) is 50.3. The van der Waals surface area contributed by atoms with Crippen LogP contribution >= 0.6 is 0 Å². The molecule has 12 heteroatoms. The maximum atomic E-state index is 12.3. The number of carboxylic acids is 1. The number of rotatable bonds is 14. The molecular formula is C24H30N5NaO6. The number of benzene rings is 1. The van der Waals surface area contributed by atoms with Gasteiger partial charge in [-0.25, -0.2) is 4.98 Å². The Morgan fingerprint density at radius 2 is 1.81 bits per heavy atom. The number of nitrogens with one attached hydrogen (secondary N) is 3. The van der Waals surface area contributed by atoms with E-state index in [2.05, 4.69) is 20.9 Å². The van der Waals surface area contributed by atoms with Crippen molar-refractivity contribution in [1.82, 2.24) is 15.6 Å². The first kappa shape index (κ1) is 31.0. The Hall–Kier alpha value is -3.02. The van der Waals surface area contributed by atoms with Crippen LogP contribution in [0, 0.1) is 24.0 Å². The van der Waals surface area contributed by atoms with E-state index >= 15 is 0 Å². The number of amides is 2. The van der Waals surface area contributed by atoms with Gasteiger partial charge in [0.1, 0.15) is 5.82 Å². The maximum Gasteiger partial charge on any atom is 1.00 e. The number of unbranched alkanes of at least 4 members (excludes halogenated alkanes) is 2. The van der Waals surface area contributed by atoms with Crippen LogP contribution in [0.5, 0.6) is 0 Å². The van der Waals surface area contributed by atoms with E-state index in [1.807, 2.05) is 19.1 Å². The van der Waals surface area contributed by atoms with Crippen molar-refractivity contribution in [1.29, 1.82) is 0 Å². The Bertz CT molecular complexity index is 1070. The molecule has 1 unspecified atom stereocenters. The van der Waals surface area contributed by atoms with Crippen molar-refractivity contribution in [2.45, 2.75) is 52.0 Å². The topological polar surface area (TPSA) is 166 Å². The van der Waals surface area contributed by atoms with E-state index < -0.39 is 29.3 Å². The molecule has 0 saturated carbocycles. The molecule has 1 aromatic heterocycles. The molecule has 0 aliphatic heterocycles. The van der Waals surface area contributed by atoms with Gasteiger partial charge >= 0.3 is 29.6 Å². The molecule has 0 aliphatic carbocycles. The smallest absolute Gasteiger partial charge is 0.550 e. The molecule has 3 N–H and O–H groups in total. The molecule has 0 bridgehead atoms. The van der Waals surface area contributed by atoms with Crippen molar-refractivity contribution in [3.63, 3.8) is 0 Å². The van der Waals surface area contributed by atoms with Crippen LogP contribution in [0.25, 0.3) is 0 Å². The minimum Gasteiger partial charge on any atom is -0.550 e. The normalized spacial score (nSPS) is 11.1. The van der Waals surface area contributed by atoms with Gasteiger partial charge in [-0.05, 0) is 49.9 Å². The number of carboxylic acid groups (broad SMARTS) is 1. The van der Waals surface area contributed by atoms with Crippen molar-refractivity contribution in [2.75, 3.05) is 18.4 Å². The van der Waals surface area contributed by atoms with Crippen LogP contribution in [-0.2, 0) is 14.4 Å². The molecule has 1 heterocycles. The molecule has 2 rings (SSSR count). The fourth-order valence-corrected chi connectivity index (χ4v) is 3.41. The first-order valence-corrected chi connectivity index (χ1v) is 11.3. The summed E-state index contributed by atoms with van der Waals surface area (Å²) in [5.74, 6) is -1.51. The fraction of sp³-hybridized carbons (Fsp3) is 0.417. The second-order valence-electron chi connectivity index (χ2n) is 8.23. The third-order valence-electron chi connectivity index (χ3n) is 5.29. The van der Waals surface area contributed by atoms with E-state index in [-0.39, 0.29) is 59.7 Å². The SMILES string of the molecule is Cc1ccnc(NCCCCCC(=O)NCC(=O)NC(CC(=O)[O-])c2ccc(C)c([N+](=O)[O-])c2)c1.[Na+]. The Morgan fingerprint density at radius 3 is 2.47 bits per heavy atom. The summed E-state index contributed by atoms with van der Waals surface area (Å²) in [6.07, 6.45) is 3.75. The number of nitro benzene ring substituents is 1. The number of carbonyl (C=O) groups is 3. The Morgan fingerprint density at radius 1 is 1.06 bits per heavy atom. The van der Waals surface area contributed by atoms with Crippen LogP contribution in [0.15, 0.2) is 36.5 Å². The zero-order valence-electron chi connectivity index (χ0n) is 20.8. The third-order valence-corrected chi connectivity index (χ3v) is 5.29. The molecule has 1 atom stereocenters. The van der Waals surface area contributed by atoms with Gasteiger partial charge in [0.25, 0.3) is 5.69 Å². The molecule has 0 aliphatic rings. The summed E-state index contributed by atoms with van der Waals surface area (Å²) in [6.45, 7) is 3.94. The second kappa shape index (κ2) is 15.9. The summed E-state index contributed by atoms with van der Waals surface area (Å²) in [6, 6.07) is 7.07. The maximum absolute atomic E-state index is 12.3. The average molecular weight is 508 g/mol. The van der Waals surface area contributed by atoms with Crippen molar-refractivity contribution in [3.05, 3.63) is 63.3 Å². The minimum absolute atomic E-state index is 0. The Kier molecular flexibility index (Phi) is 13.7. The van der Waals surface area contributed by atoms with E-state index in [9.17, 15) is 29.6 Å². The molecule has 36 heavy (non-hydrogen) atoms. The van der Waals surface area contributed by atoms with Crippen LogP contribution in [0.3, 0.4) is 0 Å². The second-order valence-corrected chi connectivity index (χ2v) is 8.23. The number of hydrogen-bond acceptors (Lipinski definition) is 8. The van der Waals surface area contributed by atoms with Crippen molar-refractivity contribution in [2.24, 2.45) is 0 Å². The largest absolute Gasteiger partial charge is 1.00 e. The molecular weight excluding hydrogens is 477 g/mol. The van der Waals surface area contributed by atoms with Crippen LogP contribution in [-0.4, -0.2) is 40.8 Å². The summed E-state index contributed by atoms with van der Waals surface area (Å²) < 4.78 is 0. The number of pyridine rings is 1. The monoisotopic (exact) mass is 507 g/mol. The fourth-order valence-electron chi connectivity index (χ4n) is 3.41. The number of anilines is 1. The number of carbonyl (C=O) groups excluding carboxylic acids is 3. The summed E-state index contributed by atoms with van der Waals surface area (Å²) in [7, 11) is 0. The molecule has 0 fully saturated rings. The van der Waals surface area contributed by atoms with Gasteiger partial charge in [0, 0.05) is 43.2 Å². The molecule has 188 valence electrons. The number of nitro groups is 1. The van der Waals surface area contributed by atoms with Crippen molar-refractivity contribution < 1.29 is 54.0 Å². The standard InChI is InChI=1S/C24H31N5O6.Na/c1-16-9-11-26-21(12-16)25-10-5-3-4-6-22(30)27-15-23(31)28-19(14-24(32)33)18-8-7-17(2)20(13-18)29(34)35;/h7-9,11-13,19H,3-6,10,14-15H2,1-2H3,(H,25,26)(H,27,30)(H,28,31)(H,32,33);/q;+1/p-1. The molecule has 0 spiro atoms.